The first-order chi connectivity index (χ1) is 9.94. The molecule has 1 rings (SSSR count). The van der Waals surface area contributed by atoms with E-state index in [9.17, 15) is 35.9 Å². The normalized spacial score (nSPS) is 12.1. The number of hydrogen-bond acceptors (Lipinski definition) is 4. The molecule has 0 unspecified atom stereocenters. The number of alkyl halides is 6. The van der Waals surface area contributed by atoms with Crippen molar-refractivity contribution in [2.75, 3.05) is 6.61 Å². The van der Waals surface area contributed by atoms with E-state index >= 15 is 0 Å². The van der Waals surface area contributed by atoms with Crippen molar-refractivity contribution >= 4 is 5.97 Å². The second-order valence-electron chi connectivity index (χ2n) is 3.88. The lowest BCUT2D eigenvalue weighted by atomic mass is 10.1. The van der Waals surface area contributed by atoms with E-state index in [-0.39, 0.29) is 12.7 Å². The maximum Gasteiger partial charge on any atom is 0.573 e. The Bertz CT molecular complexity index is 604. The van der Waals surface area contributed by atoms with Gasteiger partial charge >= 0.3 is 18.5 Å². The minimum atomic E-state index is -5.33. The van der Waals surface area contributed by atoms with E-state index in [1.54, 1.807) is 0 Å². The topological polar surface area (TPSA) is 68.4 Å². The summed E-state index contributed by atoms with van der Waals surface area (Å²) in [5.41, 5.74) is -4.17. The zero-order chi connectivity index (χ0) is 17.1. The van der Waals surface area contributed by atoms with Gasteiger partial charge < -0.3 is 14.5 Å². The number of aromatic nitrogens is 1. The Morgan fingerprint density at radius 1 is 1.23 bits per heavy atom. The van der Waals surface area contributed by atoms with Crippen LogP contribution in [0.25, 0.3) is 0 Å². The molecule has 0 aliphatic rings. The van der Waals surface area contributed by atoms with Crippen LogP contribution in [-0.4, -0.2) is 23.9 Å². The molecule has 11 heteroatoms. The summed E-state index contributed by atoms with van der Waals surface area (Å²) in [6.07, 6.45) is -11.4. The first kappa shape index (κ1) is 17.9. The fraction of sp³-hybridized carbons (Fsp3) is 0.455. The Balaban J connectivity index is 3.35. The molecule has 0 aliphatic heterocycles. The summed E-state index contributed by atoms with van der Waals surface area (Å²) in [6, 6.07) is -0.0382. The molecule has 0 atom stereocenters. The lowest BCUT2D eigenvalue weighted by molar-refractivity contribution is -0.275. The van der Waals surface area contributed by atoms with Gasteiger partial charge in [-0.15, -0.1) is 13.2 Å². The third-order valence-electron chi connectivity index (χ3n) is 2.25. The van der Waals surface area contributed by atoms with Gasteiger partial charge in [-0.3, -0.25) is 9.59 Å². The lowest BCUT2D eigenvalue weighted by Crippen LogP contribution is -2.26. The Kier molecular flexibility index (Phi) is 5.09. The molecule has 1 N–H and O–H groups in total. The van der Waals surface area contributed by atoms with Crippen molar-refractivity contribution in [3.05, 3.63) is 27.7 Å². The van der Waals surface area contributed by atoms with E-state index < -0.39 is 47.5 Å². The second-order valence-corrected chi connectivity index (χ2v) is 3.88. The molecular weight excluding hydrogens is 324 g/mol. The van der Waals surface area contributed by atoms with Crippen LogP contribution in [0.15, 0.2) is 10.9 Å². The van der Waals surface area contributed by atoms with E-state index in [1.165, 1.54) is 11.9 Å². The maximum atomic E-state index is 12.5. The van der Waals surface area contributed by atoms with Crippen LogP contribution < -0.4 is 10.3 Å². The highest BCUT2D eigenvalue weighted by Gasteiger charge is 2.37. The van der Waals surface area contributed by atoms with Gasteiger partial charge in [0, 0.05) is 6.07 Å². The molecule has 0 bridgehead atoms. The molecule has 0 saturated carbocycles. The average molecular weight is 333 g/mol. The van der Waals surface area contributed by atoms with Gasteiger partial charge in [0.2, 0.25) is 0 Å². The summed E-state index contributed by atoms with van der Waals surface area (Å²) in [5.74, 6) is -2.49. The van der Waals surface area contributed by atoms with Crippen LogP contribution in [0, 0.1) is 0 Å². The minimum absolute atomic E-state index is 0.0382. The Hall–Kier alpha value is -2.20. The van der Waals surface area contributed by atoms with Gasteiger partial charge in [-0.05, 0) is 6.92 Å². The van der Waals surface area contributed by atoms with Gasteiger partial charge in [-0.1, -0.05) is 0 Å². The number of aromatic amines is 1. The van der Waals surface area contributed by atoms with E-state index in [0.29, 0.717) is 0 Å². The van der Waals surface area contributed by atoms with Crippen LogP contribution in [0.5, 0.6) is 5.75 Å². The molecular formula is C11H9F6NO4. The number of carbonyl (C=O) groups is 1. The number of carbonyl (C=O) groups excluding carboxylic acids is 1. The molecule has 124 valence electrons. The predicted molar refractivity (Wildman–Crippen MR) is 59.1 cm³/mol. The summed E-state index contributed by atoms with van der Waals surface area (Å²) in [5, 5.41) is 0. The molecule has 1 aromatic heterocycles. The number of nitrogens with one attached hydrogen (secondary N) is 1. The summed E-state index contributed by atoms with van der Waals surface area (Å²) >= 11 is 0. The Morgan fingerprint density at radius 3 is 2.27 bits per heavy atom. The van der Waals surface area contributed by atoms with Crippen LogP contribution in [0.1, 0.15) is 18.2 Å². The second kappa shape index (κ2) is 6.28. The first-order valence-electron chi connectivity index (χ1n) is 5.68. The summed E-state index contributed by atoms with van der Waals surface area (Å²) in [7, 11) is 0. The van der Waals surface area contributed by atoms with Crippen LogP contribution in [-0.2, 0) is 22.1 Å². The average Bonchev–Trinajstić information content (AvgIpc) is 2.30. The molecule has 0 aromatic carbocycles. The molecule has 0 amide bonds. The molecule has 0 radical (unpaired) electrons. The monoisotopic (exact) mass is 333 g/mol. The fourth-order valence-corrected chi connectivity index (χ4v) is 1.46. The SMILES string of the molecule is CCOC(=O)Cc1c(OC(F)(F)F)cc(C(F)(F)F)[nH]c1=O. The Morgan fingerprint density at radius 2 is 1.82 bits per heavy atom. The predicted octanol–water partition coefficient (Wildman–Crippen LogP) is 2.40. The minimum Gasteiger partial charge on any atom is -0.466 e. The number of rotatable bonds is 4. The van der Waals surface area contributed by atoms with Gasteiger partial charge in [0.15, 0.2) is 0 Å². The molecule has 1 aromatic rings. The molecule has 0 saturated heterocycles. The van der Waals surface area contributed by atoms with Crippen molar-refractivity contribution in [3.8, 4) is 5.75 Å². The van der Waals surface area contributed by atoms with E-state index in [1.807, 2.05) is 0 Å². The van der Waals surface area contributed by atoms with Crippen LogP contribution in [0.4, 0.5) is 26.3 Å². The number of H-pyrrole nitrogens is 1. The fourth-order valence-electron chi connectivity index (χ4n) is 1.46. The van der Waals surface area contributed by atoms with Gasteiger partial charge in [0.25, 0.3) is 5.56 Å². The van der Waals surface area contributed by atoms with Crippen molar-refractivity contribution < 1.29 is 40.6 Å². The van der Waals surface area contributed by atoms with Crippen LogP contribution in [0.2, 0.25) is 0 Å². The lowest BCUT2D eigenvalue weighted by Gasteiger charge is -2.15. The van der Waals surface area contributed by atoms with Gasteiger partial charge in [-0.25, -0.2) is 0 Å². The van der Waals surface area contributed by atoms with Gasteiger partial charge in [0.1, 0.15) is 11.4 Å². The molecule has 0 fully saturated rings. The van der Waals surface area contributed by atoms with Crippen molar-refractivity contribution in [1.82, 2.24) is 4.98 Å². The van der Waals surface area contributed by atoms with Crippen molar-refractivity contribution in [1.29, 1.82) is 0 Å². The molecule has 0 spiro atoms. The largest absolute Gasteiger partial charge is 0.573 e. The molecule has 0 aliphatic carbocycles. The zero-order valence-electron chi connectivity index (χ0n) is 10.9. The number of halogens is 6. The van der Waals surface area contributed by atoms with E-state index in [2.05, 4.69) is 9.47 Å². The summed E-state index contributed by atoms with van der Waals surface area (Å²) in [6.45, 7) is 1.29. The first-order valence-corrected chi connectivity index (χ1v) is 5.68. The van der Waals surface area contributed by atoms with Crippen molar-refractivity contribution in [2.45, 2.75) is 25.9 Å². The van der Waals surface area contributed by atoms with Crippen LogP contribution in [0.3, 0.4) is 0 Å². The molecule has 1 heterocycles. The highest BCUT2D eigenvalue weighted by Crippen LogP contribution is 2.32. The molecule has 22 heavy (non-hydrogen) atoms. The maximum absolute atomic E-state index is 12.5. The number of ether oxygens (including phenoxy) is 2. The highest BCUT2D eigenvalue weighted by atomic mass is 19.4. The standard InChI is InChI=1S/C11H9F6NO4/c1-2-21-8(19)3-5-6(22-11(15,16)17)4-7(10(12,13)14)18-9(5)20/h4H,2-3H2,1H3,(H,18,20). The third-order valence-corrected chi connectivity index (χ3v) is 2.25. The van der Waals surface area contributed by atoms with E-state index in [4.69, 9.17) is 0 Å². The summed E-state index contributed by atoms with van der Waals surface area (Å²) < 4.78 is 82.0. The third kappa shape index (κ3) is 4.97. The van der Waals surface area contributed by atoms with Crippen molar-refractivity contribution in [2.24, 2.45) is 0 Å². The van der Waals surface area contributed by atoms with Gasteiger partial charge in [0.05, 0.1) is 18.6 Å². The smallest absolute Gasteiger partial charge is 0.466 e. The Labute approximate surface area is 118 Å². The summed E-state index contributed by atoms with van der Waals surface area (Å²) in [4.78, 5) is 24.1. The number of hydrogen-bond donors (Lipinski definition) is 1. The zero-order valence-corrected chi connectivity index (χ0v) is 10.9. The van der Waals surface area contributed by atoms with Crippen LogP contribution >= 0.6 is 0 Å². The van der Waals surface area contributed by atoms with Gasteiger partial charge in [-0.2, -0.15) is 13.2 Å². The number of pyridine rings is 1. The van der Waals surface area contributed by atoms with E-state index in [0.717, 1.165) is 0 Å². The number of esters is 1. The van der Waals surface area contributed by atoms with Crippen molar-refractivity contribution in [3.63, 3.8) is 0 Å². The molecule has 5 nitrogen and oxygen atoms in total. The highest BCUT2D eigenvalue weighted by molar-refractivity contribution is 5.73. The quantitative estimate of drug-likeness (QED) is 0.679.